The zero-order chi connectivity index (χ0) is 26.1. The Balaban J connectivity index is 1.54. The van der Waals surface area contributed by atoms with Crippen molar-refractivity contribution in [3.63, 3.8) is 0 Å². The molecule has 5 atom stereocenters. The molecular weight excluding hydrogens is 516 g/mol. The lowest BCUT2D eigenvalue weighted by Crippen LogP contribution is -2.33. The fraction of sp³-hybridized carbons (Fsp3) is 0.450. The van der Waals surface area contributed by atoms with Crippen LogP contribution >= 0.6 is 15.2 Å². The number of fused-ring (bicyclic) bond motifs is 1. The number of hydrogen-bond donors (Lipinski definition) is 5. The summed E-state index contributed by atoms with van der Waals surface area (Å²) in [5.74, 6) is -0.811. The highest BCUT2D eigenvalue weighted by molar-refractivity contribution is 7.70. The Morgan fingerprint density at radius 3 is 2.47 bits per heavy atom. The van der Waals surface area contributed by atoms with Crippen LogP contribution in [-0.2, 0) is 24.9 Å². The van der Waals surface area contributed by atoms with Gasteiger partial charge in [0.1, 0.15) is 24.6 Å². The van der Waals surface area contributed by atoms with Crippen LogP contribution in [0.1, 0.15) is 18.7 Å². The molecule has 0 spiro atoms. The van der Waals surface area contributed by atoms with Gasteiger partial charge in [-0.3, -0.25) is 13.7 Å². The highest BCUT2D eigenvalue weighted by atomic mass is 31.2. The second-order valence-electron chi connectivity index (χ2n) is 8.31. The number of ether oxygens (including phenoxy) is 1. The summed E-state index contributed by atoms with van der Waals surface area (Å²) in [6, 6.07) is 9.81. The second-order valence-corrected chi connectivity index (χ2v) is 12.3. The molecule has 196 valence electrons. The van der Waals surface area contributed by atoms with Gasteiger partial charge in [0.25, 0.3) is 0 Å². The van der Waals surface area contributed by atoms with Crippen LogP contribution in [0.2, 0.25) is 0 Å². The molecule has 3 aromatic rings. The standard InChI is InChI=1S/C20H27N5O9P2/c1-2-24(8-13-6-4-3-5-7-13)18-15-19(22-10-21-18)25(11-23-15)20-17(27)16(26)14(34-20)9-33-36(31,32)12-35(28,29)30/h3-7,10-11,14,16-17,20,26-27H,2,8-9,12H2,1H3,(H,31,32)(H2,28,29,30)/t14-,16-,17-,20-/m1/s1. The second kappa shape index (κ2) is 10.6. The van der Waals surface area contributed by atoms with E-state index in [4.69, 9.17) is 19.0 Å². The number of benzene rings is 1. The summed E-state index contributed by atoms with van der Waals surface area (Å²) in [4.78, 5) is 42.6. The predicted molar refractivity (Wildman–Crippen MR) is 127 cm³/mol. The van der Waals surface area contributed by atoms with Gasteiger partial charge in [-0.2, -0.15) is 0 Å². The maximum absolute atomic E-state index is 11.9. The Hall–Kier alpha value is -2.25. The molecule has 0 amide bonds. The summed E-state index contributed by atoms with van der Waals surface area (Å²) in [6.07, 6.45) is -2.67. The SMILES string of the molecule is CCN(Cc1ccccc1)c1ncnc2c1ncn2[C@@H]1O[C@H](COP(=O)(O)CP(=O)(O)O)[C@@H](O)[C@H]1O. The largest absolute Gasteiger partial charge is 0.387 e. The van der Waals surface area contributed by atoms with Crippen LogP contribution < -0.4 is 4.90 Å². The first-order valence-corrected chi connectivity index (χ1v) is 14.5. The molecule has 0 bridgehead atoms. The van der Waals surface area contributed by atoms with Crippen LogP contribution in [-0.4, -0.2) is 81.8 Å². The molecule has 1 unspecified atom stereocenters. The summed E-state index contributed by atoms with van der Waals surface area (Å²) in [7, 11) is -9.48. The van der Waals surface area contributed by atoms with E-state index in [9.17, 15) is 24.2 Å². The van der Waals surface area contributed by atoms with Crippen molar-refractivity contribution in [2.75, 3.05) is 24.0 Å². The third-order valence-corrected chi connectivity index (χ3v) is 9.11. The number of rotatable bonds is 10. The zero-order valence-electron chi connectivity index (χ0n) is 19.2. The number of aromatic nitrogens is 4. The Morgan fingerprint density at radius 2 is 1.81 bits per heavy atom. The maximum Gasteiger partial charge on any atom is 0.340 e. The van der Waals surface area contributed by atoms with Crippen molar-refractivity contribution in [3.8, 4) is 0 Å². The number of anilines is 1. The molecule has 1 aromatic carbocycles. The zero-order valence-corrected chi connectivity index (χ0v) is 21.0. The highest BCUT2D eigenvalue weighted by Crippen LogP contribution is 2.55. The van der Waals surface area contributed by atoms with Crippen molar-refractivity contribution < 1.29 is 43.3 Å². The molecule has 5 N–H and O–H groups in total. The Kier molecular flexibility index (Phi) is 7.91. The van der Waals surface area contributed by atoms with Gasteiger partial charge < -0.3 is 39.1 Å². The number of hydrogen-bond acceptors (Lipinski definition) is 10. The van der Waals surface area contributed by atoms with Gasteiger partial charge in [-0.05, 0) is 12.5 Å². The smallest absolute Gasteiger partial charge is 0.340 e. The molecule has 0 aliphatic carbocycles. The average Bonchev–Trinajstić information content (AvgIpc) is 3.36. The quantitative estimate of drug-likeness (QED) is 0.225. The normalized spacial score (nSPS) is 24.2. The molecule has 2 aromatic heterocycles. The van der Waals surface area contributed by atoms with E-state index in [0.717, 1.165) is 5.56 Å². The van der Waals surface area contributed by atoms with Crippen LogP contribution in [0.3, 0.4) is 0 Å². The highest BCUT2D eigenvalue weighted by Gasteiger charge is 2.45. The fourth-order valence-corrected chi connectivity index (χ4v) is 6.53. The lowest BCUT2D eigenvalue weighted by molar-refractivity contribution is -0.0483. The molecule has 16 heteroatoms. The van der Waals surface area contributed by atoms with E-state index in [1.165, 1.54) is 17.2 Å². The van der Waals surface area contributed by atoms with Crippen molar-refractivity contribution in [3.05, 3.63) is 48.5 Å². The molecule has 0 radical (unpaired) electrons. The van der Waals surface area contributed by atoms with Crippen molar-refractivity contribution in [2.45, 2.75) is 38.0 Å². The van der Waals surface area contributed by atoms with Gasteiger partial charge in [-0.25, -0.2) is 15.0 Å². The molecule has 1 aliphatic rings. The van der Waals surface area contributed by atoms with Gasteiger partial charge in [-0.1, -0.05) is 30.3 Å². The summed E-state index contributed by atoms with van der Waals surface area (Å²) in [5, 5.41) is 21.0. The minimum Gasteiger partial charge on any atom is -0.387 e. The molecule has 1 aliphatic heterocycles. The molecule has 0 saturated carbocycles. The predicted octanol–water partition coefficient (Wildman–Crippen LogP) is 0.809. The number of imidazole rings is 1. The summed E-state index contributed by atoms with van der Waals surface area (Å²) in [6.45, 7) is 2.50. The Labute approximate surface area is 205 Å². The number of aliphatic hydroxyl groups is 2. The minimum absolute atomic E-state index is 0.332. The van der Waals surface area contributed by atoms with Crippen LogP contribution in [0.25, 0.3) is 11.2 Å². The summed E-state index contributed by atoms with van der Waals surface area (Å²) in [5.41, 5.74) is 1.85. The van der Waals surface area contributed by atoms with Crippen LogP contribution in [0.5, 0.6) is 0 Å². The molecule has 4 rings (SSSR count). The molecule has 1 fully saturated rings. The van der Waals surface area contributed by atoms with Gasteiger partial charge in [-0.15, -0.1) is 0 Å². The van der Waals surface area contributed by atoms with Crippen molar-refractivity contribution in [2.24, 2.45) is 0 Å². The molecular formula is C20H27N5O9P2. The molecule has 36 heavy (non-hydrogen) atoms. The maximum atomic E-state index is 11.9. The fourth-order valence-electron chi connectivity index (χ4n) is 3.96. The first-order valence-electron chi connectivity index (χ1n) is 11.0. The van der Waals surface area contributed by atoms with E-state index in [0.29, 0.717) is 30.1 Å². The van der Waals surface area contributed by atoms with Crippen molar-refractivity contribution >= 4 is 32.2 Å². The van der Waals surface area contributed by atoms with E-state index in [1.54, 1.807) is 0 Å². The van der Waals surface area contributed by atoms with E-state index in [-0.39, 0.29) is 0 Å². The van der Waals surface area contributed by atoms with Crippen molar-refractivity contribution in [1.29, 1.82) is 0 Å². The molecule has 14 nitrogen and oxygen atoms in total. The van der Waals surface area contributed by atoms with Gasteiger partial charge in [0.05, 0.1) is 12.9 Å². The molecule has 1 saturated heterocycles. The lowest BCUT2D eigenvalue weighted by Gasteiger charge is -2.22. The van der Waals surface area contributed by atoms with Gasteiger partial charge in [0, 0.05) is 13.1 Å². The van der Waals surface area contributed by atoms with Crippen LogP contribution in [0, 0.1) is 0 Å². The van der Waals surface area contributed by atoms with E-state index >= 15 is 0 Å². The van der Waals surface area contributed by atoms with Crippen LogP contribution in [0.4, 0.5) is 5.82 Å². The van der Waals surface area contributed by atoms with Gasteiger partial charge in [0.2, 0.25) is 0 Å². The van der Waals surface area contributed by atoms with Gasteiger partial charge >= 0.3 is 15.2 Å². The monoisotopic (exact) mass is 543 g/mol. The number of nitrogens with zero attached hydrogens (tertiary/aromatic N) is 5. The van der Waals surface area contributed by atoms with E-state index in [1.807, 2.05) is 42.2 Å². The third-order valence-electron chi connectivity index (χ3n) is 5.65. The summed E-state index contributed by atoms with van der Waals surface area (Å²) < 4.78 is 34.8. The van der Waals surface area contributed by atoms with Crippen LogP contribution in [0.15, 0.2) is 43.0 Å². The first kappa shape index (κ1) is 26.8. The molecule has 3 heterocycles. The minimum atomic E-state index is -4.81. The topological polar surface area (TPSA) is 201 Å². The van der Waals surface area contributed by atoms with E-state index in [2.05, 4.69) is 15.0 Å². The average molecular weight is 543 g/mol. The first-order chi connectivity index (χ1) is 17.0. The number of aliphatic hydroxyl groups excluding tert-OH is 2. The van der Waals surface area contributed by atoms with Gasteiger partial charge in [0.15, 0.2) is 29.1 Å². The Morgan fingerprint density at radius 1 is 1.08 bits per heavy atom. The van der Waals surface area contributed by atoms with E-state index < -0.39 is 52.2 Å². The third kappa shape index (κ3) is 6.00. The lowest BCUT2D eigenvalue weighted by atomic mass is 10.1. The summed E-state index contributed by atoms with van der Waals surface area (Å²) >= 11 is 0. The Bertz CT molecular complexity index is 1290. The van der Waals surface area contributed by atoms with Crippen molar-refractivity contribution in [1.82, 2.24) is 19.5 Å².